The van der Waals surface area contributed by atoms with Crippen LogP contribution in [0.25, 0.3) is 0 Å². The SMILES string of the molecule is Cc1ccc(CNC(=O)Cn2cnc(C#N)n2)cc1F. The fourth-order valence-corrected chi connectivity index (χ4v) is 1.57. The molecule has 0 radical (unpaired) electrons. The lowest BCUT2D eigenvalue weighted by Crippen LogP contribution is -2.27. The van der Waals surface area contributed by atoms with E-state index in [9.17, 15) is 9.18 Å². The number of aryl methyl sites for hydroxylation is 1. The summed E-state index contributed by atoms with van der Waals surface area (Å²) in [6.07, 6.45) is 1.31. The number of hydrogen-bond donors (Lipinski definition) is 1. The average Bonchev–Trinajstić information content (AvgIpc) is 2.88. The summed E-state index contributed by atoms with van der Waals surface area (Å²) in [6, 6.07) is 6.57. The average molecular weight is 273 g/mol. The molecule has 20 heavy (non-hydrogen) atoms. The molecule has 0 atom stereocenters. The Kier molecular flexibility index (Phi) is 4.05. The number of hydrogen-bond acceptors (Lipinski definition) is 4. The normalized spacial score (nSPS) is 10.1. The minimum atomic E-state index is -0.299. The van der Waals surface area contributed by atoms with Crippen molar-refractivity contribution in [1.82, 2.24) is 20.1 Å². The van der Waals surface area contributed by atoms with Crippen LogP contribution in [0, 0.1) is 24.1 Å². The van der Waals surface area contributed by atoms with Crippen LogP contribution in [0.4, 0.5) is 4.39 Å². The van der Waals surface area contributed by atoms with Crippen LogP contribution < -0.4 is 5.32 Å². The monoisotopic (exact) mass is 273 g/mol. The maximum absolute atomic E-state index is 13.3. The highest BCUT2D eigenvalue weighted by molar-refractivity contribution is 5.75. The molecule has 1 amide bonds. The molecule has 0 saturated carbocycles. The van der Waals surface area contributed by atoms with Crippen LogP contribution >= 0.6 is 0 Å². The Labute approximate surface area is 114 Å². The topological polar surface area (TPSA) is 83.6 Å². The first-order valence-electron chi connectivity index (χ1n) is 5.90. The molecule has 2 aromatic rings. The summed E-state index contributed by atoms with van der Waals surface area (Å²) < 4.78 is 14.6. The molecule has 0 bridgehead atoms. The van der Waals surface area contributed by atoms with E-state index in [0.29, 0.717) is 11.1 Å². The summed E-state index contributed by atoms with van der Waals surface area (Å²) in [5, 5.41) is 15.0. The smallest absolute Gasteiger partial charge is 0.252 e. The van der Waals surface area contributed by atoms with E-state index in [1.165, 1.54) is 17.1 Å². The number of nitrogens with zero attached hydrogens (tertiary/aromatic N) is 4. The van der Waals surface area contributed by atoms with E-state index in [4.69, 9.17) is 5.26 Å². The van der Waals surface area contributed by atoms with Gasteiger partial charge in [-0.3, -0.25) is 4.79 Å². The number of aromatic nitrogens is 3. The molecule has 0 fully saturated rings. The molecule has 0 spiro atoms. The fraction of sp³-hybridized carbons (Fsp3) is 0.231. The zero-order chi connectivity index (χ0) is 14.5. The highest BCUT2D eigenvalue weighted by Gasteiger charge is 2.06. The lowest BCUT2D eigenvalue weighted by Gasteiger charge is -2.06. The molecule has 0 aliphatic carbocycles. The molecule has 0 saturated heterocycles. The standard InChI is InChI=1S/C13H12FN5O/c1-9-2-3-10(4-11(9)14)6-16-13(20)7-19-8-17-12(5-15)18-19/h2-4,8H,6-7H2,1H3,(H,16,20). The quantitative estimate of drug-likeness (QED) is 0.897. The van der Waals surface area contributed by atoms with E-state index in [-0.39, 0.29) is 30.6 Å². The second kappa shape index (κ2) is 5.93. The van der Waals surface area contributed by atoms with Gasteiger partial charge in [-0.05, 0) is 24.1 Å². The van der Waals surface area contributed by atoms with Crippen molar-refractivity contribution in [3.63, 3.8) is 0 Å². The summed E-state index contributed by atoms with van der Waals surface area (Å²) in [5.74, 6) is -0.578. The molecule has 1 N–H and O–H groups in total. The predicted octanol–water partition coefficient (Wildman–Crippen LogP) is 0.914. The molecule has 0 aliphatic heterocycles. The van der Waals surface area contributed by atoms with Gasteiger partial charge in [0.25, 0.3) is 5.82 Å². The summed E-state index contributed by atoms with van der Waals surface area (Å²) >= 11 is 0. The maximum Gasteiger partial charge on any atom is 0.252 e. The van der Waals surface area contributed by atoms with Crippen LogP contribution in [0.1, 0.15) is 17.0 Å². The zero-order valence-corrected chi connectivity index (χ0v) is 10.8. The van der Waals surface area contributed by atoms with Crippen molar-refractivity contribution in [1.29, 1.82) is 5.26 Å². The predicted molar refractivity (Wildman–Crippen MR) is 67.7 cm³/mol. The first-order chi connectivity index (χ1) is 9.58. The molecular weight excluding hydrogens is 261 g/mol. The summed E-state index contributed by atoms with van der Waals surface area (Å²) in [4.78, 5) is 15.3. The minimum Gasteiger partial charge on any atom is -0.350 e. The van der Waals surface area contributed by atoms with Crippen molar-refractivity contribution in [2.24, 2.45) is 0 Å². The van der Waals surface area contributed by atoms with Crippen molar-refractivity contribution in [3.8, 4) is 6.07 Å². The van der Waals surface area contributed by atoms with E-state index >= 15 is 0 Å². The van der Waals surface area contributed by atoms with Gasteiger partial charge in [0.05, 0.1) is 0 Å². The van der Waals surface area contributed by atoms with Crippen LogP contribution in [-0.2, 0) is 17.9 Å². The summed E-state index contributed by atoms with van der Waals surface area (Å²) in [5.41, 5.74) is 1.24. The Hall–Kier alpha value is -2.75. The third-order valence-electron chi connectivity index (χ3n) is 2.67. The number of amides is 1. The van der Waals surface area contributed by atoms with Crippen LogP contribution in [0.5, 0.6) is 0 Å². The van der Waals surface area contributed by atoms with E-state index in [0.717, 1.165) is 0 Å². The van der Waals surface area contributed by atoms with Crippen LogP contribution in [0.2, 0.25) is 0 Å². The zero-order valence-electron chi connectivity index (χ0n) is 10.8. The first kappa shape index (κ1) is 13.7. The van der Waals surface area contributed by atoms with Crippen molar-refractivity contribution in [3.05, 3.63) is 47.3 Å². The number of carbonyl (C=O) groups excluding carboxylic acids is 1. The van der Waals surface area contributed by atoms with E-state index < -0.39 is 0 Å². The third-order valence-corrected chi connectivity index (χ3v) is 2.67. The highest BCUT2D eigenvalue weighted by atomic mass is 19.1. The maximum atomic E-state index is 13.3. The van der Waals surface area contributed by atoms with Crippen molar-refractivity contribution < 1.29 is 9.18 Å². The Morgan fingerprint density at radius 1 is 1.55 bits per heavy atom. The minimum absolute atomic E-state index is 0.0124. The number of benzene rings is 1. The number of carbonyl (C=O) groups is 1. The Balaban J connectivity index is 1.89. The van der Waals surface area contributed by atoms with Crippen LogP contribution in [0.3, 0.4) is 0 Å². The van der Waals surface area contributed by atoms with Gasteiger partial charge in [0.2, 0.25) is 5.91 Å². The molecule has 1 heterocycles. The van der Waals surface area contributed by atoms with E-state index in [1.54, 1.807) is 25.1 Å². The highest BCUT2D eigenvalue weighted by Crippen LogP contribution is 2.08. The Morgan fingerprint density at radius 3 is 3.00 bits per heavy atom. The molecule has 6 nitrogen and oxygen atoms in total. The molecule has 1 aromatic heterocycles. The number of halogens is 1. The van der Waals surface area contributed by atoms with Gasteiger partial charge in [-0.1, -0.05) is 12.1 Å². The largest absolute Gasteiger partial charge is 0.350 e. The van der Waals surface area contributed by atoms with Gasteiger partial charge in [-0.2, -0.15) is 5.26 Å². The van der Waals surface area contributed by atoms with E-state index in [1.807, 2.05) is 0 Å². The van der Waals surface area contributed by atoms with Crippen molar-refractivity contribution in [2.75, 3.05) is 0 Å². The van der Waals surface area contributed by atoms with Crippen molar-refractivity contribution >= 4 is 5.91 Å². The lowest BCUT2D eigenvalue weighted by atomic mass is 10.1. The Morgan fingerprint density at radius 2 is 2.35 bits per heavy atom. The second-order valence-electron chi connectivity index (χ2n) is 4.24. The van der Waals surface area contributed by atoms with Gasteiger partial charge in [-0.25, -0.2) is 14.1 Å². The van der Waals surface area contributed by atoms with Gasteiger partial charge in [0.15, 0.2) is 0 Å². The Bertz CT molecular complexity index is 674. The van der Waals surface area contributed by atoms with Crippen LogP contribution in [0.15, 0.2) is 24.5 Å². The molecule has 7 heteroatoms. The van der Waals surface area contributed by atoms with Crippen molar-refractivity contribution in [2.45, 2.75) is 20.0 Å². The fourth-order valence-electron chi connectivity index (χ4n) is 1.57. The van der Waals surface area contributed by atoms with Gasteiger partial charge < -0.3 is 5.32 Å². The molecule has 2 rings (SSSR count). The molecule has 0 aliphatic rings. The third kappa shape index (κ3) is 3.38. The van der Waals surface area contributed by atoms with Crippen LogP contribution in [-0.4, -0.2) is 20.7 Å². The molecular formula is C13H12FN5O. The molecule has 1 aromatic carbocycles. The molecule has 102 valence electrons. The number of nitrogens with one attached hydrogen (secondary N) is 1. The molecule has 0 unspecified atom stereocenters. The first-order valence-corrected chi connectivity index (χ1v) is 5.90. The number of nitriles is 1. The lowest BCUT2D eigenvalue weighted by molar-refractivity contribution is -0.122. The van der Waals surface area contributed by atoms with Gasteiger partial charge >= 0.3 is 0 Å². The summed E-state index contributed by atoms with van der Waals surface area (Å²) in [7, 11) is 0. The van der Waals surface area contributed by atoms with E-state index in [2.05, 4.69) is 15.4 Å². The summed E-state index contributed by atoms with van der Waals surface area (Å²) in [6.45, 7) is 1.87. The second-order valence-corrected chi connectivity index (χ2v) is 4.24. The van der Waals surface area contributed by atoms with Gasteiger partial charge in [0.1, 0.15) is 24.8 Å². The van der Waals surface area contributed by atoms with Gasteiger partial charge in [-0.15, -0.1) is 5.10 Å². The van der Waals surface area contributed by atoms with Gasteiger partial charge in [0, 0.05) is 6.54 Å². The number of rotatable bonds is 4.